The second-order valence-electron chi connectivity index (χ2n) is 11.5. The van der Waals surface area contributed by atoms with Crippen molar-refractivity contribution in [3.63, 3.8) is 0 Å². The average molecular weight is 781 g/mol. The van der Waals surface area contributed by atoms with Crippen molar-refractivity contribution in [1.82, 2.24) is 14.8 Å². The number of allylic oxidation sites excluding steroid dienone is 2. The van der Waals surface area contributed by atoms with Gasteiger partial charge in [0.05, 0.1) is 42.4 Å². The zero-order chi connectivity index (χ0) is 38.4. The summed E-state index contributed by atoms with van der Waals surface area (Å²) in [5, 5.41) is 11.8. The molecule has 2 atom stereocenters. The minimum Gasteiger partial charge on any atom is -0.428 e. The first kappa shape index (κ1) is 41.0. The maximum atomic E-state index is 15.6. The number of ether oxygens (including phenoxy) is 5. The van der Waals surface area contributed by atoms with E-state index in [1.165, 1.54) is 47.3 Å². The zero-order valence-electron chi connectivity index (χ0n) is 28.2. The van der Waals surface area contributed by atoms with Gasteiger partial charge in [0.1, 0.15) is 30.1 Å². The maximum absolute atomic E-state index is 15.6. The Balaban J connectivity index is 1.43. The normalized spacial score (nSPS) is 18.0. The molecule has 3 aromatic rings. The first-order valence-corrected chi connectivity index (χ1v) is 18.5. The molecule has 1 saturated heterocycles. The Hall–Kier alpha value is -4.74. The molecule has 2 unspecified atom stereocenters. The number of esters is 1. The second kappa shape index (κ2) is 19.4. The van der Waals surface area contributed by atoms with Gasteiger partial charge in [0.2, 0.25) is 6.79 Å². The highest BCUT2D eigenvalue weighted by Crippen LogP contribution is 2.42. The number of rotatable bonds is 17. The smallest absolute Gasteiger partial charge is 0.428 e. The van der Waals surface area contributed by atoms with Gasteiger partial charge in [-0.2, -0.15) is 18.8 Å². The molecule has 284 valence electrons. The highest BCUT2D eigenvalue weighted by atomic mass is 32.2. The Kier molecular flexibility index (Phi) is 15.0. The van der Waals surface area contributed by atoms with Gasteiger partial charge in [-0.05, 0) is 50.1 Å². The Morgan fingerprint density at radius 3 is 2.57 bits per heavy atom. The summed E-state index contributed by atoms with van der Waals surface area (Å²) in [4.78, 5) is 29.1. The number of nitrogens with zero attached hydrogens (tertiary/aromatic N) is 4. The van der Waals surface area contributed by atoms with E-state index in [9.17, 15) is 26.8 Å². The number of benzene rings is 2. The summed E-state index contributed by atoms with van der Waals surface area (Å²) in [6.07, 6.45) is 6.57. The van der Waals surface area contributed by atoms with Crippen LogP contribution in [0.4, 0.5) is 18.0 Å². The molecule has 19 heteroatoms. The number of carbonyl (C=O) groups excluding carboxylic acids is 2. The molecule has 0 radical (unpaired) electrons. The molecule has 4 rings (SSSR count). The molecular formula is C34H35F3N4O10S2. The molecule has 0 spiro atoms. The van der Waals surface area contributed by atoms with Crippen molar-refractivity contribution in [2.24, 2.45) is 0 Å². The van der Waals surface area contributed by atoms with E-state index < -0.39 is 69.4 Å². The third kappa shape index (κ3) is 12.7. The van der Waals surface area contributed by atoms with E-state index in [4.69, 9.17) is 33.5 Å². The fraction of sp³-hybridized carbons (Fsp3) is 0.382. The molecule has 1 aromatic heterocycles. The van der Waals surface area contributed by atoms with Crippen molar-refractivity contribution >= 4 is 40.1 Å². The molecule has 14 nitrogen and oxygen atoms in total. The minimum absolute atomic E-state index is 0.00444. The monoisotopic (exact) mass is 780 g/mol. The molecule has 2 heterocycles. The summed E-state index contributed by atoms with van der Waals surface area (Å²) in [6, 6.07) is 8.75. The van der Waals surface area contributed by atoms with Crippen molar-refractivity contribution in [2.45, 2.75) is 55.1 Å². The molecule has 1 aliphatic heterocycles. The van der Waals surface area contributed by atoms with E-state index in [0.717, 1.165) is 18.2 Å². The van der Waals surface area contributed by atoms with E-state index in [1.54, 1.807) is 25.2 Å². The number of aromatic nitrogens is 3. The lowest BCUT2D eigenvalue weighted by Gasteiger charge is -2.40. The lowest BCUT2D eigenvalue weighted by atomic mass is 9.89. The van der Waals surface area contributed by atoms with Crippen molar-refractivity contribution in [3.05, 3.63) is 101 Å². The number of nitriles is 1. The predicted octanol–water partition coefficient (Wildman–Crippen LogP) is 5.31. The molecule has 1 aliphatic rings. The largest absolute Gasteiger partial charge is 0.512 e. The molecule has 0 saturated carbocycles. The number of thioether (sulfide) groups is 1. The van der Waals surface area contributed by atoms with Crippen LogP contribution in [0.3, 0.4) is 0 Å². The number of carbonyl (C=O) groups is 2. The Labute approximate surface area is 307 Å². The van der Waals surface area contributed by atoms with Gasteiger partial charge in [0.25, 0.3) is 10.1 Å². The molecule has 0 aliphatic carbocycles. The number of hydrogen-bond acceptors (Lipinski definition) is 13. The molecule has 1 fully saturated rings. The standard InChI is InChI=1S/C34H35F3N4O10S2/c1-23(52-27-17-47-32(48-18-27)8-3-2-6-25-10-9-24(16-38)14-29(25)36)34(19-41-21-39-20-40-41,28-12-11-26(35)15-30(28)37)51-33(43)50-22-49-31(42)7-4-5-13-53(44,45)46/h2-3,6,8-12,14-15,20-21,23,27,32H,4-5,7,13,17-19,22H2,1H3,(H,44,45,46)/b6-2+,8-3+. The van der Waals surface area contributed by atoms with Crippen molar-refractivity contribution in [2.75, 3.05) is 25.8 Å². The van der Waals surface area contributed by atoms with Crippen molar-refractivity contribution < 1.29 is 59.4 Å². The van der Waals surface area contributed by atoms with Crippen LogP contribution in [0.15, 0.2) is 67.3 Å². The van der Waals surface area contributed by atoms with E-state index in [-0.39, 0.29) is 61.0 Å². The number of unbranched alkanes of at least 4 members (excludes halogenated alkanes) is 1. The highest BCUT2D eigenvalue weighted by Gasteiger charge is 2.47. The highest BCUT2D eigenvalue weighted by molar-refractivity contribution is 8.00. The number of halogens is 3. The topological polar surface area (TPSA) is 189 Å². The first-order valence-electron chi connectivity index (χ1n) is 16.0. The molecule has 1 N–H and O–H groups in total. The summed E-state index contributed by atoms with van der Waals surface area (Å²) < 4.78 is 103. The zero-order valence-corrected chi connectivity index (χ0v) is 29.8. The maximum Gasteiger partial charge on any atom is 0.512 e. The molecule has 2 aromatic carbocycles. The lowest BCUT2D eigenvalue weighted by Crippen LogP contribution is -2.47. The van der Waals surface area contributed by atoms with Crippen molar-refractivity contribution in [3.8, 4) is 6.07 Å². The molecular weight excluding hydrogens is 746 g/mol. The van der Waals surface area contributed by atoms with Gasteiger partial charge in [-0.1, -0.05) is 24.3 Å². The second-order valence-corrected chi connectivity index (χ2v) is 14.7. The van der Waals surface area contributed by atoms with Crippen LogP contribution in [-0.2, 0) is 50.7 Å². The van der Waals surface area contributed by atoms with Gasteiger partial charge >= 0.3 is 12.1 Å². The Bertz CT molecular complexity index is 1920. The van der Waals surface area contributed by atoms with Crippen LogP contribution < -0.4 is 0 Å². The van der Waals surface area contributed by atoms with Gasteiger partial charge in [0, 0.05) is 28.9 Å². The SMILES string of the molecule is CC(SC1COC(/C=C/C=C/c2ccc(C#N)cc2F)OC1)C(Cn1cncn1)(OC(=O)OCOC(=O)CCCCS(=O)(=O)O)c1ccc(F)cc1F. The van der Waals surface area contributed by atoms with Crippen LogP contribution in [0.1, 0.15) is 42.9 Å². The van der Waals surface area contributed by atoms with Crippen molar-refractivity contribution in [1.29, 1.82) is 5.26 Å². The first-order chi connectivity index (χ1) is 25.3. The molecule has 0 bridgehead atoms. The Morgan fingerprint density at radius 2 is 1.91 bits per heavy atom. The summed E-state index contributed by atoms with van der Waals surface area (Å²) >= 11 is 1.22. The van der Waals surface area contributed by atoms with Gasteiger partial charge in [-0.25, -0.2) is 27.6 Å². The average Bonchev–Trinajstić information content (AvgIpc) is 3.62. The summed E-state index contributed by atoms with van der Waals surface area (Å²) in [5.41, 5.74) is -1.65. The third-order valence-corrected chi connectivity index (χ3v) is 9.93. The fourth-order valence-corrected chi connectivity index (χ4v) is 7.00. The van der Waals surface area contributed by atoms with Crippen LogP contribution >= 0.6 is 11.8 Å². The minimum atomic E-state index is -4.18. The van der Waals surface area contributed by atoms with Crippen LogP contribution in [0.25, 0.3) is 6.08 Å². The lowest BCUT2D eigenvalue weighted by molar-refractivity contribution is -0.155. The van der Waals surface area contributed by atoms with E-state index in [2.05, 4.69) is 10.1 Å². The predicted molar refractivity (Wildman–Crippen MR) is 183 cm³/mol. The summed E-state index contributed by atoms with van der Waals surface area (Å²) in [6.45, 7) is 0.739. The summed E-state index contributed by atoms with van der Waals surface area (Å²) in [7, 11) is -4.18. The van der Waals surface area contributed by atoms with Crippen LogP contribution in [0, 0.1) is 28.8 Å². The van der Waals surface area contributed by atoms with Gasteiger partial charge < -0.3 is 23.7 Å². The quantitative estimate of drug-likeness (QED) is 0.0610. The summed E-state index contributed by atoms with van der Waals surface area (Å²) in [5.74, 6) is -3.81. The third-order valence-electron chi connectivity index (χ3n) is 7.68. The van der Waals surface area contributed by atoms with E-state index >= 15 is 4.39 Å². The molecule has 53 heavy (non-hydrogen) atoms. The van der Waals surface area contributed by atoms with Crippen LogP contribution in [0.5, 0.6) is 0 Å². The van der Waals surface area contributed by atoms with Crippen LogP contribution in [0.2, 0.25) is 0 Å². The van der Waals surface area contributed by atoms with Gasteiger partial charge in [-0.3, -0.25) is 9.35 Å². The number of hydrogen-bond donors (Lipinski definition) is 1. The van der Waals surface area contributed by atoms with Gasteiger partial charge in [0.15, 0.2) is 11.9 Å². The fourth-order valence-electron chi connectivity index (χ4n) is 5.07. The van der Waals surface area contributed by atoms with Crippen LogP contribution in [-0.4, -0.2) is 82.4 Å². The van der Waals surface area contributed by atoms with Gasteiger partial charge in [-0.15, -0.1) is 11.8 Å². The van der Waals surface area contributed by atoms with E-state index in [0.29, 0.717) is 6.07 Å². The Morgan fingerprint density at radius 1 is 1.13 bits per heavy atom. The molecule has 0 amide bonds. The van der Waals surface area contributed by atoms with E-state index in [1.807, 2.05) is 6.07 Å².